The van der Waals surface area contributed by atoms with Crippen LogP contribution in [0.5, 0.6) is 0 Å². The van der Waals surface area contributed by atoms with E-state index in [-0.39, 0.29) is 11.3 Å². The van der Waals surface area contributed by atoms with Crippen molar-refractivity contribution in [2.45, 2.75) is 18.2 Å². The topological polar surface area (TPSA) is 45.2 Å². The number of benzene rings is 2. The molecule has 4 rings (SSSR count). The molecule has 0 radical (unpaired) electrons. The fourth-order valence-electron chi connectivity index (χ4n) is 3.55. The van der Waals surface area contributed by atoms with Crippen LogP contribution in [0.2, 0.25) is 10.0 Å². The van der Waals surface area contributed by atoms with Crippen molar-refractivity contribution in [3.8, 4) is 0 Å². The minimum Gasteiger partial charge on any atom is -0.384 e. The molecule has 1 aromatic heterocycles. The molecule has 2 heterocycles. The van der Waals surface area contributed by atoms with Crippen molar-refractivity contribution in [3.63, 3.8) is 0 Å². The third-order valence-corrected chi connectivity index (χ3v) is 6.68. The monoisotopic (exact) mass is 445 g/mol. The van der Waals surface area contributed by atoms with Gasteiger partial charge in [-0.2, -0.15) is 0 Å². The number of carbonyl (C=O) groups is 1. The number of anilines is 1. The van der Waals surface area contributed by atoms with Gasteiger partial charge in [0.15, 0.2) is 0 Å². The van der Waals surface area contributed by atoms with Gasteiger partial charge >= 0.3 is 0 Å². The lowest BCUT2D eigenvalue weighted by molar-refractivity contribution is -0.132. The summed E-state index contributed by atoms with van der Waals surface area (Å²) >= 11 is 14.0. The van der Waals surface area contributed by atoms with Gasteiger partial charge in [0.1, 0.15) is 5.37 Å². The highest BCUT2D eigenvalue weighted by molar-refractivity contribution is 7.99. The summed E-state index contributed by atoms with van der Waals surface area (Å²) in [5.41, 5.74) is 2.98. The largest absolute Gasteiger partial charge is 0.384 e. The standard InChI is InChI=1S/C22H21Cl2N3OS/c23-16-4-1-3-15(13-16)22-27(21(28)8-12-29-22)11-2-9-25-19-7-10-26-20-14-17(24)5-6-18(19)20/h1,3-7,10,13-14,22H,2,8-9,11-12H2,(H,25,26). The quantitative estimate of drug-likeness (QED) is 0.471. The Morgan fingerprint density at radius 2 is 2.00 bits per heavy atom. The maximum atomic E-state index is 12.6. The summed E-state index contributed by atoms with van der Waals surface area (Å²) in [6.07, 6.45) is 3.21. The highest BCUT2D eigenvalue weighted by atomic mass is 35.5. The van der Waals surface area contributed by atoms with Crippen LogP contribution in [0.1, 0.15) is 23.8 Å². The summed E-state index contributed by atoms with van der Waals surface area (Å²) in [6, 6.07) is 15.5. The number of aromatic nitrogens is 1. The molecule has 0 aliphatic carbocycles. The summed E-state index contributed by atoms with van der Waals surface area (Å²) in [6.45, 7) is 1.46. The number of hydrogen-bond acceptors (Lipinski definition) is 4. The molecule has 29 heavy (non-hydrogen) atoms. The Morgan fingerprint density at radius 1 is 1.14 bits per heavy atom. The first kappa shape index (κ1) is 20.3. The van der Waals surface area contributed by atoms with E-state index in [1.807, 2.05) is 53.4 Å². The lowest BCUT2D eigenvalue weighted by Crippen LogP contribution is -2.38. The maximum Gasteiger partial charge on any atom is 0.224 e. The van der Waals surface area contributed by atoms with Gasteiger partial charge in [0.2, 0.25) is 5.91 Å². The number of pyridine rings is 1. The van der Waals surface area contributed by atoms with Crippen molar-refractivity contribution in [1.29, 1.82) is 0 Å². The Labute approximate surface area is 184 Å². The van der Waals surface area contributed by atoms with Crippen molar-refractivity contribution in [1.82, 2.24) is 9.88 Å². The van der Waals surface area contributed by atoms with Crippen LogP contribution in [-0.4, -0.2) is 34.6 Å². The van der Waals surface area contributed by atoms with Crippen molar-refractivity contribution in [2.75, 3.05) is 24.2 Å². The van der Waals surface area contributed by atoms with Gasteiger partial charge in [-0.25, -0.2) is 0 Å². The van der Waals surface area contributed by atoms with E-state index in [0.29, 0.717) is 23.0 Å². The molecule has 1 saturated heterocycles. The summed E-state index contributed by atoms with van der Waals surface area (Å²) < 4.78 is 0. The molecule has 0 saturated carbocycles. The number of fused-ring (bicyclic) bond motifs is 1. The van der Waals surface area contributed by atoms with E-state index >= 15 is 0 Å². The first-order valence-corrected chi connectivity index (χ1v) is 11.4. The fraction of sp³-hybridized carbons (Fsp3) is 0.273. The fourth-order valence-corrected chi connectivity index (χ4v) is 5.17. The van der Waals surface area contributed by atoms with E-state index in [1.54, 1.807) is 18.0 Å². The molecule has 2 aromatic carbocycles. The highest BCUT2D eigenvalue weighted by Gasteiger charge is 2.29. The number of rotatable bonds is 6. The van der Waals surface area contributed by atoms with Crippen LogP contribution >= 0.6 is 35.0 Å². The Morgan fingerprint density at radius 3 is 2.86 bits per heavy atom. The second kappa shape index (κ2) is 9.24. The van der Waals surface area contributed by atoms with Crippen LogP contribution in [0.3, 0.4) is 0 Å². The van der Waals surface area contributed by atoms with E-state index in [9.17, 15) is 4.79 Å². The van der Waals surface area contributed by atoms with Crippen LogP contribution in [0, 0.1) is 0 Å². The Bertz CT molecular complexity index is 1030. The first-order chi connectivity index (χ1) is 14.1. The summed E-state index contributed by atoms with van der Waals surface area (Å²) in [5.74, 6) is 1.05. The zero-order valence-corrected chi connectivity index (χ0v) is 18.1. The molecule has 1 unspecified atom stereocenters. The molecule has 1 N–H and O–H groups in total. The van der Waals surface area contributed by atoms with Crippen molar-refractivity contribution in [3.05, 3.63) is 70.3 Å². The predicted octanol–water partition coefficient (Wildman–Crippen LogP) is 6.01. The predicted molar refractivity (Wildman–Crippen MR) is 123 cm³/mol. The molecule has 3 aromatic rings. The summed E-state index contributed by atoms with van der Waals surface area (Å²) in [4.78, 5) is 18.9. The molecular weight excluding hydrogens is 425 g/mol. The van der Waals surface area contributed by atoms with Crippen LogP contribution in [0.4, 0.5) is 5.69 Å². The van der Waals surface area contributed by atoms with Crippen LogP contribution < -0.4 is 5.32 Å². The van der Waals surface area contributed by atoms with Gasteiger partial charge in [0.25, 0.3) is 0 Å². The third kappa shape index (κ3) is 4.80. The molecule has 4 nitrogen and oxygen atoms in total. The van der Waals surface area contributed by atoms with Crippen LogP contribution in [0.25, 0.3) is 10.9 Å². The average molecular weight is 446 g/mol. The van der Waals surface area contributed by atoms with Crippen molar-refractivity contribution >= 4 is 57.5 Å². The molecule has 0 spiro atoms. The SMILES string of the molecule is O=C1CCSC(c2cccc(Cl)c2)N1CCCNc1ccnc2cc(Cl)ccc12. The van der Waals surface area contributed by atoms with E-state index in [2.05, 4.69) is 10.3 Å². The van der Waals surface area contributed by atoms with E-state index in [1.165, 1.54) is 0 Å². The molecule has 1 aliphatic heterocycles. The molecule has 7 heteroatoms. The van der Waals surface area contributed by atoms with E-state index < -0.39 is 0 Å². The van der Waals surface area contributed by atoms with Crippen molar-refractivity contribution in [2.24, 2.45) is 0 Å². The zero-order chi connectivity index (χ0) is 20.2. The van der Waals surface area contributed by atoms with Gasteiger partial charge in [0.05, 0.1) is 5.52 Å². The van der Waals surface area contributed by atoms with Crippen LogP contribution in [0.15, 0.2) is 54.7 Å². The summed E-state index contributed by atoms with van der Waals surface area (Å²) in [7, 11) is 0. The number of halogens is 2. The van der Waals surface area contributed by atoms with Gasteiger partial charge in [-0.15, -0.1) is 11.8 Å². The average Bonchev–Trinajstić information content (AvgIpc) is 2.71. The number of nitrogens with one attached hydrogen (secondary N) is 1. The number of hydrogen-bond donors (Lipinski definition) is 1. The molecule has 0 bridgehead atoms. The molecule has 1 fully saturated rings. The molecule has 1 atom stereocenters. The maximum absolute atomic E-state index is 12.6. The smallest absolute Gasteiger partial charge is 0.224 e. The van der Waals surface area contributed by atoms with E-state index in [0.717, 1.165) is 40.9 Å². The Balaban J connectivity index is 1.41. The molecule has 1 amide bonds. The van der Waals surface area contributed by atoms with Gasteiger partial charge in [-0.1, -0.05) is 35.3 Å². The van der Waals surface area contributed by atoms with Crippen molar-refractivity contribution < 1.29 is 4.79 Å². The number of thioether (sulfide) groups is 1. The number of carbonyl (C=O) groups excluding carboxylic acids is 1. The molecular formula is C22H21Cl2N3OS. The lowest BCUT2D eigenvalue weighted by atomic mass is 10.1. The lowest BCUT2D eigenvalue weighted by Gasteiger charge is -2.35. The number of amides is 1. The second-order valence-corrected chi connectivity index (χ2v) is 8.98. The Hall–Kier alpha value is -1.95. The number of nitrogens with zero attached hydrogens (tertiary/aromatic N) is 2. The van der Waals surface area contributed by atoms with Gasteiger partial charge in [-0.3, -0.25) is 9.78 Å². The minimum absolute atomic E-state index is 0.0267. The third-order valence-electron chi connectivity index (χ3n) is 4.92. The zero-order valence-electron chi connectivity index (χ0n) is 15.8. The van der Waals surface area contributed by atoms with E-state index in [4.69, 9.17) is 23.2 Å². The molecule has 150 valence electrons. The normalized spacial score (nSPS) is 17.0. The minimum atomic E-state index is 0.0267. The first-order valence-electron chi connectivity index (χ1n) is 9.56. The molecule has 1 aliphatic rings. The van der Waals surface area contributed by atoms with Gasteiger partial charge in [0, 0.05) is 52.6 Å². The van der Waals surface area contributed by atoms with Gasteiger partial charge in [-0.05, 0) is 48.4 Å². The van der Waals surface area contributed by atoms with Gasteiger partial charge < -0.3 is 10.2 Å². The second-order valence-electron chi connectivity index (χ2n) is 6.92. The Kier molecular flexibility index (Phi) is 6.48. The highest BCUT2D eigenvalue weighted by Crippen LogP contribution is 2.38. The summed E-state index contributed by atoms with van der Waals surface area (Å²) in [5, 5.41) is 5.92. The van der Waals surface area contributed by atoms with Crippen LogP contribution in [-0.2, 0) is 4.79 Å².